The Balaban J connectivity index is 2.87. The summed E-state index contributed by atoms with van der Waals surface area (Å²) < 4.78 is 39.0. The Labute approximate surface area is 111 Å². The minimum atomic E-state index is -3.82. The molecule has 1 unspecified atom stereocenters. The van der Waals surface area contributed by atoms with Gasteiger partial charge >= 0.3 is 5.97 Å². The molecule has 0 radical (unpaired) electrons. The molecular formula is C12H16FNO4S. The molecule has 0 saturated carbocycles. The van der Waals surface area contributed by atoms with Gasteiger partial charge in [-0.2, -0.15) is 0 Å². The molecule has 1 aromatic rings. The van der Waals surface area contributed by atoms with Crippen LogP contribution in [-0.2, 0) is 14.8 Å². The number of carboxylic acids is 1. The molecule has 1 aromatic carbocycles. The van der Waals surface area contributed by atoms with Gasteiger partial charge in [-0.15, -0.1) is 0 Å². The first-order chi connectivity index (χ1) is 8.85. The van der Waals surface area contributed by atoms with Gasteiger partial charge in [0.05, 0.1) is 11.3 Å². The lowest BCUT2D eigenvalue weighted by atomic mass is 10.1. The summed E-state index contributed by atoms with van der Waals surface area (Å²) in [5, 5.41) is 8.73. The van der Waals surface area contributed by atoms with Gasteiger partial charge in [0.2, 0.25) is 10.0 Å². The molecule has 0 aromatic heterocycles. The van der Waals surface area contributed by atoms with Gasteiger partial charge in [0, 0.05) is 6.04 Å². The maximum atomic E-state index is 12.7. The van der Waals surface area contributed by atoms with E-state index in [0.29, 0.717) is 12.8 Å². The zero-order valence-corrected chi connectivity index (χ0v) is 11.3. The average Bonchev–Trinajstić information content (AvgIpc) is 2.28. The number of sulfonamides is 1. The number of benzene rings is 1. The number of halogens is 1. The molecule has 0 aliphatic carbocycles. The van der Waals surface area contributed by atoms with E-state index >= 15 is 0 Å². The Hall–Kier alpha value is -1.47. The van der Waals surface area contributed by atoms with Crippen molar-refractivity contribution < 1.29 is 22.7 Å². The number of hydrogen-bond acceptors (Lipinski definition) is 3. The fraction of sp³-hybridized carbons (Fsp3) is 0.417. The first-order valence-electron chi connectivity index (χ1n) is 5.85. The molecule has 0 amide bonds. The molecule has 0 bridgehead atoms. The summed E-state index contributed by atoms with van der Waals surface area (Å²) in [6.45, 7) is 1.83. The first-order valence-corrected chi connectivity index (χ1v) is 7.33. The van der Waals surface area contributed by atoms with Crippen molar-refractivity contribution in [2.45, 2.75) is 37.1 Å². The van der Waals surface area contributed by atoms with E-state index in [1.54, 1.807) is 0 Å². The Morgan fingerprint density at radius 1 is 1.37 bits per heavy atom. The highest BCUT2D eigenvalue weighted by Gasteiger charge is 2.21. The predicted octanol–water partition coefficient (Wildman–Crippen LogP) is 1.75. The van der Waals surface area contributed by atoms with E-state index in [4.69, 9.17) is 5.11 Å². The minimum Gasteiger partial charge on any atom is -0.481 e. The predicted molar refractivity (Wildman–Crippen MR) is 67.7 cm³/mol. The number of aliphatic carboxylic acids is 1. The van der Waals surface area contributed by atoms with Gasteiger partial charge in [-0.05, 0) is 30.7 Å². The van der Waals surface area contributed by atoms with Gasteiger partial charge < -0.3 is 5.11 Å². The summed E-state index contributed by atoms with van der Waals surface area (Å²) in [6, 6.07) is 3.70. The van der Waals surface area contributed by atoms with E-state index in [1.807, 2.05) is 6.92 Å². The number of rotatable bonds is 7. The summed E-state index contributed by atoms with van der Waals surface area (Å²) in [6.07, 6.45) is 0.797. The first kappa shape index (κ1) is 15.6. The zero-order valence-electron chi connectivity index (χ0n) is 10.5. The van der Waals surface area contributed by atoms with Crippen LogP contribution in [0.3, 0.4) is 0 Å². The number of carboxylic acid groups (broad SMARTS) is 1. The van der Waals surface area contributed by atoms with Gasteiger partial charge in [-0.3, -0.25) is 4.79 Å². The topological polar surface area (TPSA) is 83.5 Å². The van der Waals surface area contributed by atoms with E-state index in [9.17, 15) is 17.6 Å². The van der Waals surface area contributed by atoms with Crippen molar-refractivity contribution >= 4 is 16.0 Å². The van der Waals surface area contributed by atoms with Crippen molar-refractivity contribution in [3.8, 4) is 0 Å². The van der Waals surface area contributed by atoms with E-state index in [1.165, 1.54) is 0 Å². The van der Waals surface area contributed by atoms with Gasteiger partial charge in [0.1, 0.15) is 5.82 Å². The molecular weight excluding hydrogens is 273 g/mol. The molecule has 1 atom stereocenters. The Kier molecular flexibility index (Phi) is 5.44. The van der Waals surface area contributed by atoms with Crippen LogP contribution in [0.1, 0.15) is 26.2 Å². The van der Waals surface area contributed by atoms with Crippen molar-refractivity contribution in [2.24, 2.45) is 0 Å². The van der Waals surface area contributed by atoms with Crippen LogP contribution < -0.4 is 4.72 Å². The second-order valence-electron chi connectivity index (χ2n) is 4.16. The number of nitrogens with one attached hydrogen (secondary N) is 1. The molecule has 0 aliphatic heterocycles. The molecule has 19 heavy (non-hydrogen) atoms. The summed E-state index contributed by atoms with van der Waals surface area (Å²) >= 11 is 0. The summed E-state index contributed by atoms with van der Waals surface area (Å²) in [5.74, 6) is -1.60. The number of carbonyl (C=O) groups is 1. The van der Waals surface area contributed by atoms with Crippen LogP contribution in [0.2, 0.25) is 0 Å². The highest BCUT2D eigenvalue weighted by molar-refractivity contribution is 7.89. The van der Waals surface area contributed by atoms with E-state index in [0.717, 1.165) is 24.3 Å². The third kappa shape index (κ3) is 4.96. The van der Waals surface area contributed by atoms with Crippen LogP contribution >= 0.6 is 0 Å². The molecule has 5 nitrogen and oxygen atoms in total. The molecule has 0 fully saturated rings. The second-order valence-corrected chi connectivity index (χ2v) is 5.87. The van der Waals surface area contributed by atoms with Gasteiger partial charge in [-0.25, -0.2) is 17.5 Å². The van der Waals surface area contributed by atoms with Crippen LogP contribution in [0.25, 0.3) is 0 Å². The summed E-state index contributed by atoms with van der Waals surface area (Å²) in [7, 11) is -3.82. The van der Waals surface area contributed by atoms with Gasteiger partial charge in [0.25, 0.3) is 0 Å². The highest BCUT2D eigenvalue weighted by atomic mass is 32.2. The van der Waals surface area contributed by atoms with Crippen molar-refractivity contribution in [3.05, 3.63) is 30.1 Å². The van der Waals surface area contributed by atoms with Crippen molar-refractivity contribution in [1.29, 1.82) is 0 Å². The van der Waals surface area contributed by atoms with Crippen molar-refractivity contribution in [2.75, 3.05) is 0 Å². The van der Waals surface area contributed by atoms with Crippen LogP contribution in [0.5, 0.6) is 0 Å². The standard InChI is InChI=1S/C12H16FNO4S/c1-2-3-10(8-12(15)16)14-19(17,18)11-6-4-9(13)5-7-11/h4-7,10,14H,2-3,8H2,1H3,(H,15,16). The van der Waals surface area contributed by atoms with Crippen LogP contribution in [0.15, 0.2) is 29.2 Å². The smallest absolute Gasteiger partial charge is 0.304 e. The molecule has 1 rings (SSSR count). The molecule has 0 heterocycles. The fourth-order valence-corrected chi connectivity index (χ4v) is 2.93. The van der Waals surface area contributed by atoms with E-state index in [2.05, 4.69) is 4.72 Å². The normalized spacial score (nSPS) is 13.2. The maximum absolute atomic E-state index is 12.7. The van der Waals surface area contributed by atoms with Gasteiger partial charge in [-0.1, -0.05) is 13.3 Å². The third-order valence-corrected chi connectivity index (χ3v) is 4.04. The lowest BCUT2D eigenvalue weighted by molar-refractivity contribution is -0.137. The number of hydrogen-bond donors (Lipinski definition) is 2. The van der Waals surface area contributed by atoms with Crippen molar-refractivity contribution in [1.82, 2.24) is 4.72 Å². The van der Waals surface area contributed by atoms with Crippen molar-refractivity contribution in [3.63, 3.8) is 0 Å². The monoisotopic (exact) mass is 289 g/mol. The minimum absolute atomic E-state index is 0.0830. The molecule has 106 valence electrons. The molecule has 0 spiro atoms. The third-order valence-electron chi connectivity index (χ3n) is 2.50. The van der Waals surface area contributed by atoms with Crippen LogP contribution in [-0.4, -0.2) is 25.5 Å². The highest BCUT2D eigenvalue weighted by Crippen LogP contribution is 2.12. The maximum Gasteiger partial charge on any atom is 0.304 e. The molecule has 0 aliphatic rings. The largest absolute Gasteiger partial charge is 0.481 e. The lowest BCUT2D eigenvalue weighted by Gasteiger charge is -2.16. The summed E-state index contributed by atoms with van der Waals surface area (Å²) in [5.41, 5.74) is 0. The SMILES string of the molecule is CCCC(CC(=O)O)NS(=O)(=O)c1ccc(F)cc1. The summed E-state index contributed by atoms with van der Waals surface area (Å²) in [4.78, 5) is 10.6. The Morgan fingerprint density at radius 3 is 2.42 bits per heavy atom. The van der Waals surface area contributed by atoms with E-state index < -0.39 is 27.9 Å². The van der Waals surface area contributed by atoms with Gasteiger partial charge in [0.15, 0.2) is 0 Å². The zero-order chi connectivity index (χ0) is 14.5. The van der Waals surface area contributed by atoms with Crippen LogP contribution in [0, 0.1) is 5.82 Å². The Bertz CT molecular complexity index is 527. The average molecular weight is 289 g/mol. The molecule has 7 heteroatoms. The molecule has 2 N–H and O–H groups in total. The second kappa shape index (κ2) is 6.63. The van der Waals surface area contributed by atoms with E-state index in [-0.39, 0.29) is 11.3 Å². The lowest BCUT2D eigenvalue weighted by Crippen LogP contribution is -2.36. The fourth-order valence-electron chi connectivity index (χ4n) is 1.66. The van der Waals surface area contributed by atoms with Crippen LogP contribution in [0.4, 0.5) is 4.39 Å². The Morgan fingerprint density at radius 2 is 1.95 bits per heavy atom. The quantitative estimate of drug-likeness (QED) is 0.801. The molecule has 0 saturated heterocycles.